The van der Waals surface area contributed by atoms with Crippen LogP contribution in [0.2, 0.25) is 0 Å². The molecule has 0 saturated carbocycles. The second kappa shape index (κ2) is 9.98. The Labute approximate surface area is 195 Å². The lowest BCUT2D eigenvalue weighted by atomic mass is 10.1. The van der Waals surface area contributed by atoms with Crippen molar-refractivity contribution >= 4 is 22.6 Å². The first-order valence-corrected chi connectivity index (χ1v) is 11.1. The van der Waals surface area contributed by atoms with Gasteiger partial charge < -0.3 is 19.7 Å². The standard InChI is InChI=1S/C25H27N5O4/c1-16-7-6-10-30-22(16)28-23-20(25(30)33)15-19(21(26)29(23)11-13-34-14-12-31)24(32)27-17(2)18-8-4-3-5-9-18/h3-10,15,17,26,31H,11-14H2,1-2H3,(H,27,32). The SMILES string of the molecule is Cc1cccn2c(=O)c3cc(C(=O)NC(C)c4ccccc4)c(=N)n(CCOCCO)c3nc12. The molecule has 3 aromatic heterocycles. The maximum Gasteiger partial charge on any atom is 0.267 e. The van der Waals surface area contributed by atoms with Crippen LogP contribution in [0.3, 0.4) is 0 Å². The van der Waals surface area contributed by atoms with Crippen molar-refractivity contribution in [2.24, 2.45) is 0 Å². The number of pyridine rings is 2. The van der Waals surface area contributed by atoms with Gasteiger partial charge in [0, 0.05) is 12.7 Å². The highest BCUT2D eigenvalue weighted by molar-refractivity contribution is 5.97. The van der Waals surface area contributed by atoms with Crippen LogP contribution >= 0.6 is 0 Å². The van der Waals surface area contributed by atoms with E-state index < -0.39 is 5.91 Å². The van der Waals surface area contributed by atoms with Crippen molar-refractivity contribution in [1.82, 2.24) is 19.3 Å². The maximum absolute atomic E-state index is 13.4. The van der Waals surface area contributed by atoms with Gasteiger partial charge in [0.2, 0.25) is 0 Å². The lowest BCUT2D eigenvalue weighted by Gasteiger charge is -2.17. The van der Waals surface area contributed by atoms with Crippen molar-refractivity contribution in [3.8, 4) is 0 Å². The van der Waals surface area contributed by atoms with Crippen LogP contribution in [-0.4, -0.2) is 44.8 Å². The van der Waals surface area contributed by atoms with Crippen LogP contribution in [0.4, 0.5) is 0 Å². The number of carbonyl (C=O) groups is 1. The van der Waals surface area contributed by atoms with Gasteiger partial charge >= 0.3 is 0 Å². The van der Waals surface area contributed by atoms with Gasteiger partial charge in [-0.1, -0.05) is 36.4 Å². The molecule has 9 heteroatoms. The Morgan fingerprint density at radius 1 is 1.18 bits per heavy atom. The van der Waals surface area contributed by atoms with Crippen LogP contribution in [0, 0.1) is 12.3 Å². The monoisotopic (exact) mass is 461 g/mol. The van der Waals surface area contributed by atoms with Crippen LogP contribution in [0.5, 0.6) is 0 Å². The summed E-state index contributed by atoms with van der Waals surface area (Å²) >= 11 is 0. The van der Waals surface area contributed by atoms with Gasteiger partial charge in [-0.05, 0) is 37.1 Å². The van der Waals surface area contributed by atoms with Gasteiger partial charge in [-0.2, -0.15) is 0 Å². The zero-order valence-electron chi connectivity index (χ0n) is 19.1. The van der Waals surface area contributed by atoms with E-state index in [1.165, 1.54) is 15.0 Å². The summed E-state index contributed by atoms with van der Waals surface area (Å²) in [6.07, 6.45) is 1.64. The molecule has 4 aromatic rings. The number of hydrogen-bond donors (Lipinski definition) is 3. The fourth-order valence-electron chi connectivity index (χ4n) is 3.91. The van der Waals surface area contributed by atoms with Crippen LogP contribution in [0.15, 0.2) is 59.5 Å². The average Bonchev–Trinajstić information content (AvgIpc) is 2.84. The number of aryl methyl sites for hydroxylation is 1. The number of fused-ring (bicyclic) bond motifs is 2. The zero-order valence-corrected chi connectivity index (χ0v) is 19.1. The molecule has 1 aromatic carbocycles. The minimum absolute atomic E-state index is 0.0669. The number of aliphatic hydroxyl groups is 1. The van der Waals surface area contributed by atoms with E-state index in [2.05, 4.69) is 10.3 Å². The number of nitrogens with zero attached hydrogens (tertiary/aromatic N) is 3. The minimum atomic E-state index is -0.456. The first kappa shape index (κ1) is 23.3. The molecular weight excluding hydrogens is 434 g/mol. The number of aromatic nitrogens is 3. The Hall–Kier alpha value is -3.82. The molecule has 0 aliphatic carbocycles. The average molecular weight is 462 g/mol. The smallest absolute Gasteiger partial charge is 0.267 e. The molecule has 176 valence electrons. The molecular formula is C25H27N5O4. The molecule has 0 bridgehead atoms. The Balaban J connectivity index is 1.85. The third-order valence-corrected chi connectivity index (χ3v) is 5.72. The number of ether oxygens (including phenoxy) is 1. The van der Waals surface area contributed by atoms with Crippen LogP contribution < -0.4 is 16.4 Å². The Morgan fingerprint density at radius 3 is 2.68 bits per heavy atom. The van der Waals surface area contributed by atoms with E-state index in [1.54, 1.807) is 12.3 Å². The van der Waals surface area contributed by atoms with E-state index in [0.29, 0.717) is 11.3 Å². The third kappa shape index (κ3) is 4.48. The van der Waals surface area contributed by atoms with Gasteiger partial charge in [0.1, 0.15) is 16.8 Å². The van der Waals surface area contributed by atoms with Crippen molar-refractivity contribution in [2.45, 2.75) is 26.4 Å². The van der Waals surface area contributed by atoms with Crippen LogP contribution in [0.25, 0.3) is 16.7 Å². The van der Waals surface area contributed by atoms with E-state index in [9.17, 15) is 9.59 Å². The van der Waals surface area contributed by atoms with Crippen molar-refractivity contribution in [3.63, 3.8) is 0 Å². The van der Waals surface area contributed by atoms with E-state index in [0.717, 1.165) is 11.1 Å². The number of nitrogens with one attached hydrogen (secondary N) is 2. The normalized spacial score (nSPS) is 12.2. The van der Waals surface area contributed by atoms with Gasteiger partial charge in [-0.25, -0.2) is 4.98 Å². The summed E-state index contributed by atoms with van der Waals surface area (Å²) in [7, 11) is 0. The highest BCUT2D eigenvalue weighted by Gasteiger charge is 2.19. The molecule has 1 amide bonds. The molecule has 0 saturated heterocycles. The van der Waals surface area contributed by atoms with E-state index in [4.69, 9.17) is 15.3 Å². The Morgan fingerprint density at radius 2 is 1.94 bits per heavy atom. The van der Waals surface area contributed by atoms with E-state index >= 15 is 0 Å². The van der Waals surface area contributed by atoms with E-state index in [1.807, 2.05) is 50.2 Å². The number of rotatable bonds is 8. The molecule has 1 atom stereocenters. The second-order valence-corrected chi connectivity index (χ2v) is 8.04. The molecule has 0 radical (unpaired) electrons. The highest BCUT2D eigenvalue weighted by atomic mass is 16.5. The predicted molar refractivity (Wildman–Crippen MR) is 128 cm³/mol. The third-order valence-electron chi connectivity index (χ3n) is 5.72. The summed E-state index contributed by atoms with van der Waals surface area (Å²) in [5, 5.41) is 20.9. The van der Waals surface area contributed by atoms with Gasteiger partial charge in [0.25, 0.3) is 11.5 Å². The molecule has 9 nitrogen and oxygen atoms in total. The summed E-state index contributed by atoms with van der Waals surface area (Å²) in [5.74, 6) is -0.456. The minimum Gasteiger partial charge on any atom is -0.394 e. The molecule has 0 aliphatic heterocycles. The quantitative estimate of drug-likeness (QED) is 0.273. The summed E-state index contributed by atoms with van der Waals surface area (Å²) in [5.41, 5.74) is 2.22. The fourth-order valence-corrected chi connectivity index (χ4v) is 3.91. The summed E-state index contributed by atoms with van der Waals surface area (Å²) in [6.45, 7) is 4.13. The lowest BCUT2D eigenvalue weighted by Crippen LogP contribution is -2.36. The van der Waals surface area contributed by atoms with Gasteiger partial charge in [0.15, 0.2) is 0 Å². The number of carbonyl (C=O) groups excluding carboxylic acids is 1. The predicted octanol–water partition coefficient (Wildman–Crippen LogP) is 1.94. The maximum atomic E-state index is 13.4. The van der Waals surface area contributed by atoms with Gasteiger partial charge in [-0.15, -0.1) is 0 Å². The van der Waals surface area contributed by atoms with Crippen molar-refractivity contribution in [2.75, 3.05) is 19.8 Å². The highest BCUT2D eigenvalue weighted by Crippen LogP contribution is 2.15. The topological polar surface area (TPSA) is 122 Å². The molecule has 0 aliphatic rings. The number of amides is 1. The lowest BCUT2D eigenvalue weighted by molar-refractivity contribution is 0.0865. The fraction of sp³-hybridized carbons (Fsp3) is 0.280. The largest absolute Gasteiger partial charge is 0.394 e. The van der Waals surface area contributed by atoms with Crippen molar-refractivity contribution in [1.29, 1.82) is 5.41 Å². The van der Waals surface area contributed by atoms with E-state index in [-0.39, 0.29) is 54.4 Å². The van der Waals surface area contributed by atoms with Crippen LogP contribution in [-0.2, 0) is 11.3 Å². The molecule has 1 unspecified atom stereocenters. The molecule has 0 fully saturated rings. The van der Waals surface area contributed by atoms with Crippen molar-refractivity contribution in [3.05, 3.63) is 87.3 Å². The Bertz CT molecular complexity index is 1460. The summed E-state index contributed by atoms with van der Waals surface area (Å²) in [4.78, 5) is 31.2. The van der Waals surface area contributed by atoms with Gasteiger partial charge in [-0.3, -0.25) is 19.4 Å². The summed E-state index contributed by atoms with van der Waals surface area (Å²) < 4.78 is 8.35. The van der Waals surface area contributed by atoms with Gasteiger partial charge in [0.05, 0.1) is 36.8 Å². The Kier molecular flexibility index (Phi) is 6.85. The molecule has 0 spiro atoms. The van der Waals surface area contributed by atoms with Crippen molar-refractivity contribution < 1.29 is 14.6 Å². The number of benzene rings is 1. The summed E-state index contributed by atoms with van der Waals surface area (Å²) in [6, 6.07) is 14.3. The van der Waals surface area contributed by atoms with Crippen LogP contribution in [0.1, 0.15) is 34.5 Å². The zero-order chi connectivity index (χ0) is 24.2. The first-order chi connectivity index (χ1) is 16.4. The molecule has 3 N–H and O–H groups in total. The number of hydrogen-bond acceptors (Lipinski definition) is 6. The molecule has 34 heavy (non-hydrogen) atoms. The first-order valence-electron chi connectivity index (χ1n) is 11.1. The second-order valence-electron chi connectivity index (χ2n) is 8.04. The molecule has 3 heterocycles. The molecule has 4 rings (SSSR count). The number of aliphatic hydroxyl groups excluding tert-OH is 1.